The maximum absolute atomic E-state index is 11.5. The Labute approximate surface area is 165 Å². The Morgan fingerprint density at radius 3 is 1.86 bits per heavy atom. The quantitative estimate of drug-likeness (QED) is 0.547. The zero-order valence-corrected chi connectivity index (χ0v) is 16.9. The van der Waals surface area contributed by atoms with E-state index in [2.05, 4.69) is 30.7 Å². The molecule has 1 aliphatic rings. The Hall–Kier alpha value is -2.04. The van der Waals surface area contributed by atoms with Crippen LogP contribution in [0.1, 0.15) is 20.8 Å². The molecule has 0 saturated carbocycles. The average Bonchev–Trinajstić information content (AvgIpc) is 2.51. The van der Waals surface area contributed by atoms with E-state index in [9.17, 15) is 24.6 Å². The molecule has 10 heteroatoms. The summed E-state index contributed by atoms with van der Waals surface area (Å²) in [7, 11) is 0. The van der Waals surface area contributed by atoms with Gasteiger partial charge in [0.15, 0.2) is 0 Å². The lowest BCUT2D eigenvalue weighted by Crippen LogP contribution is -2.46. The number of hydrogen-bond acceptors (Lipinski definition) is 7. The summed E-state index contributed by atoms with van der Waals surface area (Å²) in [6, 6.07) is 0. The van der Waals surface area contributed by atoms with Gasteiger partial charge < -0.3 is 15.3 Å². The Morgan fingerprint density at radius 2 is 1.36 bits per heavy atom. The third kappa shape index (κ3) is 10.3. The minimum atomic E-state index is -1.17. The highest BCUT2D eigenvalue weighted by Gasteiger charge is 2.22. The molecule has 28 heavy (non-hydrogen) atoms. The molecular formula is C18H32N4O6. The van der Waals surface area contributed by atoms with Crippen LogP contribution in [-0.4, -0.2) is 119 Å². The smallest absolute Gasteiger partial charge is 0.351 e. The maximum Gasteiger partial charge on any atom is 0.351 e. The molecule has 0 aromatic heterocycles. The van der Waals surface area contributed by atoms with Gasteiger partial charge in [-0.3, -0.25) is 29.3 Å². The lowest BCUT2D eigenvalue weighted by molar-refractivity contribution is -0.140. The zero-order valence-electron chi connectivity index (χ0n) is 16.9. The Kier molecular flexibility index (Phi) is 9.50. The van der Waals surface area contributed by atoms with Crippen molar-refractivity contribution in [1.29, 1.82) is 0 Å². The van der Waals surface area contributed by atoms with Crippen LogP contribution in [0.3, 0.4) is 0 Å². The van der Waals surface area contributed by atoms with Crippen LogP contribution >= 0.6 is 0 Å². The summed E-state index contributed by atoms with van der Waals surface area (Å²) in [5, 5.41) is 27.7. The summed E-state index contributed by atoms with van der Waals surface area (Å²) in [6.07, 6.45) is 0. The number of hydrogen-bond donors (Lipinski definition) is 3. The predicted octanol–water partition coefficient (Wildman–Crippen LogP) is -0.353. The lowest BCUT2D eigenvalue weighted by atomic mass is 9.96. The Bertz CT molecular complexity index is 587. The van der Waals surface area contributed by atoms with Crippen molar-refractivity contribution in [2.45, 2.75) is 20.8 Å². The van der Waals surface area contributed by atoms with Gasteiger partial charge in [-0.15, -0.1) is 0 Å². The summed E-state index contributed by atoms with van der Waals surface area (Å²) in [6.45, 7) is 9.08. The molecular weight excluding hydrogens is 368 g/mol. The highest BCUT2D eigenvalue weighted by molar-refractivity contribution is 6.36. The normalized spacial score (nSPS) is 21.2. The standard InChI is InChI=1S/C18H32N4O6/c1-18(2,3)13-21-5-4-19-14(17(27)28)10-22(12-16(25)26)9-7-20(6-8-21)11-15(23)24/h4-13H2,1-3H3,(H,23,24)(H,25,26)(H,27,28)/b19-14+. The SMILES string of the molecule is CC(C)(C)CN1CC/N=C(/C(=O)O)CN(CC(=O)O)CCN(CC(=O)O)CC1. The first-order valence-corrected chi connectivity index (χ1v) is 9.33. The van der Waals surface area contributed by atoms with Crippen LogP contribution in [-0.2, 0) is 14.4 Å². The fraction of sp³-hybridized carbons (Fsp3) is 0.778. The monoisotopic (exact) mass is 400 g/mol. The summed E-state index contributed by atoms with van der Waals surface area (Å²) >= 11 is 0. The van der Waals surface area contributed by atoms with E-state index in [0.717, 1.165) is 6.54 Å². The number of aliphatic imine (C=N–C) groups is 1. The number of rotatable bonds is 6. The van der Waals surface area contributed by atoms with Gasteiger partial charge in [0, 0.05) is 45.8 Å². The van der Waals surface area contributed by atoms with Gasteiger partial charge in [0.25, 0.3) is 0 Å². The zero-order chi connectivity index (χ0) is 21.3. The average molecular weight is 400 g/mol. The van der Waals surface area contributed by atoms with E-state index in [1.807, 2.05) is 0 Å². The Morgan fingerprint density at radius 1 is 0.857 bits per heavy atom. The molecule has 0 saturated heterocycles. The molecule has 1 aliphatic heterocycles. The van der Waals surface area contributed by atoms with Crippen molar-refractivity contribution < 1.29 is 29.7 Å². The van der Waals surface area contributed by atoms with Crippen LogP contribution < -0.4 is 0 Å². The van der Waals surface area contributed by atoms with Crippen LogP contribution in [0.15, 0.2) is 4.99 Å². The van der Waals surface area contributed by atoms with Crippen LogP contribution in [0.4, 0.5) is 0 Å². The van der Waals surface area contributed by atoms with E-state index in [4.69, 9.17) is 5.11 Å². The number of carbonyl (C=O) groups is 3. The van der Waals surface area contributed by atoms with Crippen molar-refractivity contribution in [2.24, 2.45) is 10.4 Å². The minimum Gasteiger partial charge on any atom is -0.480 e. The molecule has 3 N–H and O–H groups in total. The third-order valence-corrected chi connectivity index (χ3v) is 4.22. The van der Waals surface area contributed by atoms with E-state index in [-0.39, 0.29) is 43.9 Å². The Balaban J connectivity index is 3.03. The second-order valence-electron chi connectivity index (χ2n) is 8.24. The molecule has 10 nitrogen and oxygen atoms in total. The summed E-state index contributed by atoms with van der Waals surface area (Å²) < 4.78 is 0. The molecule has 0 aliphatic carbocycles. The van der Waals surface area contributed by atoms with Gasteiger partial charge in [-0.25, -0.2) is 4.79 Å². The first-order chi connectivity index (χ1) is 13.0. The van der Waals surface area contributed by atoms with Crippen molar-refractivity contribution in [1.82, 2.24) is 14.7 Å². The lowest BCUT2D eigenvalue weighted by Gasteiger charge is -2.32. The minimum absolute atomic E-state index is 0.0341. The highest BCUT2D eigenvalue weighted by atomic mass is 16.4. The molecule has 0 unspecified atom stereocenters. The van der Waals surface area contributed by atoms with E-state index in [1.54, 1.807) is 4.90 Å². The second-order valence-corrected chi connectivity index (χ2v) is 8.24. The predicted molar refractivity (Wildman–Crippen MR) is 104 cm³/mol. The molecule has 0 bridgehead atoms. The van der Waals surface area contributed by atoms with Crippen LogP contribution in [0.5, 0.6) is 0 Å². The number of carboxylic acid groups (broad SMARTS) is 3. The molecule has 0 amide bonds. The van der Waals surface area contributed by atoms with Gasteiger partial charge in [-0.05, 0) is 5.41 Å². The summed E-state index contributed by atoms with van der Waals surface area (Å²) in [5.41, 5.74) is -0.0471. The second kappa shape index (κ2) is 11.1. The van der Waals surface area contributed by atoms with E-state index in [0.29, 0.717) is 26.2 Å². The molecule has 160 valence electrons. The largest absolute Gasteiger partial charge is 0.480 e. The van der Waals surface area contributed by atoms with Gasteiger partial charge in [0.05, 0.1) is 19.6 Å². The van der Waals surface area contributed by atoms with Crippen molar-refractivity contribution in [2.75, 3.05) is 65.4 Å². The number of nitrogens with zero attached hydrogens (tertiary/aromatic N) is 4. The van der Waals surface area contributed by atoms with Crippen molar-refractivity contribution >= 4 is 23.6 Å². The molecule has 1 rings (SSSR count). The van der Waals surface area contributed by atoms with Crippen molar-refractivity contribution in [3.63, 3.8) is 0 Å². The van der Waals surface area contributed by atoms with Gasteiger partial charge in [0.2, 0.25) is 0 Å². The highest BCUT2D eigenvalue weighted by Crippen LogP contribution is 2.15. The number of aliphatic carboxylic acids is 3. The molecule has 1 heterocycles. The molecule has 0 radical (unpaired) electrons. The summed E-state index contributed by atoms with van der Waals surface area (Å²) in [4.78, 5) is 43.4. The molecule has 0 spiro atoms. The topological polar surface area (TPSA) is 134 Å². The number of carboxylic acids is 3. The molecule has 0 aromatic rings. The first kappa shape index (κ1) is 24.0. The third-order valence-electron chi connectivity index (χ3n) is 4.22. The fourth-order valence-corrected chi connectivity index (χ4v) is 3.10. The molecule has 0 aromatic carbocycles. The first-order valence-electron chi connectivity index (χ1n) is 9.33. The maximum atomic E-state index is 11.5. The summed E-state index contributed by atoms with van der Waals surface area (Å²) in [5.74, 6) is -3.19. The van der Waals surface area contributed by atoms with Crippen molar-refractivity contribution in [3.8, 4) is 0 Å². The van der Waals surface area contributed by atoms with E-state index >= 15 is 0 Å². The van der Waals surface area contributed by atoms with E-state index < -0.39 is 17.9 Å². The van der Waals surface area contributed by atoms with Gasteiger partial charge in [0.1, 0.15) is 5.71 Å². The van der Waals surface area contributed by atoms with Crippen LogP contribution in [0, 0.1) is 5.41 Å². The van der Waals surface area contributed by atoms with Gasteiger partial charge in [-0.2, -0.15) is 0 Å². The fourth-order valence-electron chi connectivity index (χ4n) is 3.10. The van der Waals surface area contributed by atoms with Crippen LogP contribution in [0.2, 0.25) is 0 Å². The molecule has 0 atom stereocenters. The van der Waals surface area contributed by atoms with E-state index in [1.165, 1.54) is 4.90 Å². The van der Waals surface area contributed by atoms with Gasteiger partial charge in [-0.1, -0.05) is 20.8 Å². The van der Waals surface area contributed by atoms with Gasteiger partial charge >= 0.3 is 17.9 Å². The molecule has 0 fully saturated rings. The van der Waals surface area contributed by atoms with Crippen LogP contribution in [0.25, 0.3) is 0 Å². The van der Waals surface area contributed by atoms with Crippen molar-refractivity contribution in [3.05, 3.63) is 0 Å².